The molecule has 1 aromatic rings. The normalized spacial score (nSPS) is 20.4. The summed E-state index contributed by atoms with van der Waals surface area (Å²) in [7, 11) is 1.66. The molecule has 2 rings (SSSR count). The molecule has 1 saturated heterocycles. The van der Waals surface area contributed by atoms with Crippen molar-refractivity contribution in [2.45, 2.75) is 32.2 Å². The Hall–Kier alpha value is -1.47. The Morgan fingerprint density at radius 1 is 1.71 bits per heavy atom. The minimum atomic E-state index is -0.513. The number of rotatable bonds is 4. The van der Waals surface area contributed by atoms with Gasteiger partial charge in [-0.1, -0.05) is 0 Å². The predicted octanol–water partition coefficient (Wildman–Crippen LogP) is 1.37. The standard InChI is InChI=1S/C10H15N3O4/c1-12-8(6-9(11-12)13(14)15)7-17-10-4-2-3-5-16-10/h6,10H,2-5,7H2,1H3/t10-/m0/s1. The minimum absolute atomic E-state index is 0.157. The number of nitro groups is 1. The summed E-state index contributed by atoms with van der Waals surface area (Å²) in [5.41, 5.74) is 0.672. The van der Waals surface area contributed by atoms with E-state index in [9.17, 15) is 10.1 Å². The van der Waals surface area contributed by atoms with E-state index in [1.807, 2.05) is 0 Å². The van der Waals surface area contributed by atoms with Crippen molar-refractivity contribution in [3.05, 3.63) is 21.9 Å². The molecule has 1 aliphatic rings. The molecule has 2 heterocycles. The van der Waals surface area contributed by atoms with E-state index in [0.29, 0.717) is 5.69 Å². The zero-order valence-corrected chi connectivity index (χ0v) is 9.66. The summed E-state index contributed by atoms with van der Waals surface area (Å²) < 4.78 is 12.4. The van der Waals surface area contributed by atoms with Crippen molar-refractivity contribution in [2.24, 2.45) is 7.05 Å². The molecule has 0 bridgehead atoms. The first-order valence-electron chi connectivity index (χ1n) is 5.57. The summed E-state index contributed by atoms with van der Waals surface area (Å²) in [5, 5.41) is 14.3. The van der Waals surface area contributed by atoms with Gasteiger partial charge < -0.3 is 19.6 Å². The second kappa shape index (κ2) is 5.24. The summed E-state index contributed by atoms with van der Waals surface area (Å²) in [4.78, 5) is 10.0. The van der Waals surface area contributed by atoms with E-state index in [-0.39, 0.29) is 18.7 Å². The van der Waals surface area contributed by atoms with Gasteiger partial charge in [0.1, 0.15) is 0 Å². The number of ether oxygens (including phenoxy) is 2. The van der Waals surface area contributed by atoms with Crippen molar-refractivity contribution in [3.63, 3.8) is 0 Å². The average Bonchev–Trinajstić information content (AvgIpc) is 2.70. The first kappa shape index (κ1) is 12.0. The molecule has 0 amide bonds. The number of hydrogen-bond donors (Lipinski definition) is 0. The molecule has 7 nitrogen and oxygen atoms in total. The van der Waals surface area contributed by atoms with Crippen LogP contribution in [0.25, 0.3) is 0 Å². The van der Waals surface area contributed by atoms with Gasteiger partial charge in [-0.15, -0.1) is 0 Å². The van der Waals surface area contributed by atoms with Crippen LogP contribution in [-0.2, 0) is 23.1 Å². The number of hydrogen-bond acceptors (Lipinski definition) is 5. The smallest absolute Gasteiger partial charge is 0.358 e. The van der Waals surface area contributed by atoms with Gasteiger partial charge in [0.05, 0.1) is 30.5 Å². The van der Waals surface area contributed by atoms with Crippen LogP contribution in [0.2, 0.25) is 0 Å². The second-order valence-electron chi connectivity index (χ2n) is 3.98. The highest BCUT2D eigenvalue weighted by Crippen LogP contribution is 2.17. The highest BCUT2D eigenvalue weighted by atomic mass is 16.7. The minimum Gasteiger partial charge on any atom is -0.358 e. The molecule has 1 aliphatic heterocycles. The van der Waals surface area contributed by atoms with Crippen LogP contribution in [0.15, 0.2) is 6.07 Å². The van der Waals surface area contributed by atoms with Crippen LogP contribution in [0, 0.1) is 10.1 Å². The van der Waals surface area contributed by atoms with Crippen LogP contribution >= 0.6 is 0 Å². The molecule has 1 atom stereocenters. The van der Waals surface area contributed by atoms with Gasteiger partial charge >= 0.3 is 5.82 Å². The van der Waals surface area contributed by atoms with Gasteiger partial charge in [-0.25, -0.2) is 0 Å². The highest BCUT2D eigenvalue weighted by Gasteiger charge is 2.18. The van der Waals surface area contributed by atoms with Crippen LogP contribution in [0.5, 0.6) is 0 Å². The zero-order valence-electron chi connectivity index (χ0n) is 9.66. The zero-order chi connectivity index (χ0) is 12.3. The van der Waals surface area contributed by atoms with Crippen LogP contribution in [0.4, 0.5) is 5.82 Å². The first-order valence-corrected chi connectivity index (χ1v) is 5.57. The maximum atomic E-state index is 10.5. The van der Waals surface area contributed by atoms with Gasteiger partial charge in [-0.05, 0) is 24.2 Å². The van der Waals surface area contributed by atoms with Gasteiger partial charge in [0.25, 0.3) is 0 Å². The molecule has 0 spiro atoms. The number of nitrogens with zero attached hydrogens (tertiary/aromatic N) is 3. The van der Waals surface area contributed by atoms with Crippen molar-refractivity contribution in [2.75, 3.05) is 6.61 Å². The highest BCUT2D eigenvalue weighted by molar-refractivity contribution is 5.21. The number of aryl methyl sites for hydroxylation is 1. The third kappa shape index (κ3) is 3.01. The summed E-state index contributed by atoms with van der Waals surface area (Å²) >= 11 is 0. The maximum absolute atomic E-state index is 10.5. The first-order chi connectivity index (χ1) is 8.16. The van der Waals surface area contributed by atoms with E-state index in [0.717, 1.165) is 25.9 Å². The van der Waals surface area contributed by atoms with E-state index in [1.54, 1.807) is 7.05 Å². The molecular formula is C10H15N3O4. The largest absolute Gasteiger partial charge is 0.390 e. The van der Waals surface area contributed by atoms with Crippen molar-refractivity contribution in [3.8, 4) is 0 Å². The Morgan fingerprint density at radius 2 is 2.53 bits per heavy atom. The third-order valence-electron chi connectivity index (χ3n) is 2.71. The lowest BCUT2D eigenvalue weighted by molar-refractivity contribution is -0.389. The van der Waals surface area contributed by atoms with Crippen molar-refractivity contribution in [1.29, 1.82) is 0 Å². The maximum Gasteiger partial charge on any atom is 0.390 e. The molecule has 7 heteroatoms. The van der Waals surface area contributed by atoms with Crippen LogP contribution < -0.4 is 0 Å². The van der Waals surface area contributed by atoms with Crippen LogP contribution in [0.1, 0.15) is 25.0 Å². The molecule has 0 N–H and O–H groups in total. The van der Waals surface area contributed by atoms with E-state index >= 15 is 0 Å². The SMILES string of the molecule is Cn1nc([N+](=O)[O-])cc1CO[C@H]1CCCCO1. The van der Waals surface area contributed by atoms with Crippen molar-refractivity contribution < 1.29 is 14.4 Å². The molecule has 1 fully saturated rings. The monoisotopic (exact) mass is 241 g/mol. The summed E-state index contributed by atoms with van der Waals surface area (Å²) in [5.74, 6) is -0.157. The molecule has 0 saturated carbocycles. The quantitative estimate of drug-likeness (QED) is 0.587. The van der Waals surface area contributed by atoms with Gasteiger partial charge in [0, 0.05) is 6.61 Å². The van der Waals surface area contributed by atoms with E-state index in [2.05, 4.69) is 5.10 Å². The van der Waals surface area contributed by atoms with Gasteiger partial charge in [-0.2, -0.15) is 4.68 Å². The van der Waals surface area contributed by atoms with Crippen molar-refractivity contribution in [1.82, 2.24) is 9.78 Å². The lowest BCUT2D eigenvalue weighted by atomic mass is 10.2. The molecule has 0 unspecified atom stereocenters. The number of aromatic nitrogens is 2. The summed E-state index contributed by atoms with van der Waals surface area (Å²) in [6, 6.07) is 1.42. The lowest BCUT2D eigenvalue weighted by Crippen LogP contribution is -2.22. The average molecular weight is 241 g/mol. The fourth-order valence-electron chi connectivity index (χ4n) is 1.73. The predicted molar refractivity (Wildman–Crippen MR) is 58.2 cm³/mol. The van der Waals surface area contributed by atoms with E-state index < -0.39 is 4.92 Å². The molecule has 0 radical (unpaired) electrons. The Labute approximate surface area is 98.5 Å². The molecular weight excluding hydrogens is 226 g/mol. The molecule has 0 aliphatic carbocycles. The van der Waals surface area contributed by atoms with E-state index in [1.165, 1.54) is 10.7 Å². The van der Waals surface area contributed by atoms with Crippen LogP contribution in [-0.4, -0.2) is 27.6 Å². The Bertz CT molecular complexity index is 398. The summed E-state index contributed by atoms with van der Waals surface area (Å²) in [6.45, 7) is 0.998. The van der Waals surface area contributed by atoms with Crippen LogP contribution in [0.3, 0.4) is 0 Å². The van der Waals surface area contributed by atoms with E-state index in [4.69, 9.17) is 9.47 Å². The molecule has 94 valence electrons. The summed E-state index contributed by atoms with van der Waals surface area (Å²) in [6.07, 6.45) is 2.84. The Balaban J connectivity index is 1.91. The van der Waals surface area contributed by atoms with Gasteiger partial charge in [-0.3, -0.25) is 0 Å². The Kier molecular flexibility index (Phi) is 3.70. The topological polar surface area (TPSA) is 79.4 Å². The van der Waals surface area contributed by atoms with Gasteiger partial charge in [0.2, 0.25) is 0 Å². The fraction of sp³-hybridized carbons (Fsp3) is 0.700. The van der Waals surface area contributed by atoms with Gasteiger partial charge in [0.15, 0.2) is 6.29 Å². The molecule has 1 aromatic heterocycles. The molecule has 17 heavy (non-hydrogen) atoms. The second-order valence-corrected chi connectivity index (χ2v) is 3.98. The molecule has 0 aromatic carbocycles. The van der Waals surface area contributed by atoms with Crippen molar-refractivity contribution >= 4 is 5.82 Å². The fourth-order valence-corrected chi connectivity index (χ4v) is 1.73. The third-order valence-corrected chi connectivity index (χ3v) is 2.71. The Morgan fingerprint density at radius 3 is 3.12 bits per heavy atom. The lowest BCUT2D eigenvalue weighted by Gasteiger charge is -2.22.